The Labute approximate surface area is 124 Å². The van der Waals surface area contributed by atoms with Crippen LogP contribution in [0.2, 0.25) is 0 Å². The normalized spacial score (nSPS) is 11.5. The van der Waals surface area contributed by atoms with E-state index < -0.39 is 29.1 Å². The highest BCUT2D eigenvalue weighted by molar-refractivity contribution is 9.10. The number of nitrogen functional groups attached to an aromatic ring is 1. The Hall–Kier alpha value is -1.83. The molecule has 0 aliphatic heterocycles. The average Bonchev–Trinajstić information content (AvgIpc) is 2.34. The first-order valence-corrected chi connectivity index (χ1v) is 6.36. The fourth-order valence-corrected chi connectivity index (χ4v) is 1.99. The smallest absolute Gasteiger partial charge is 0.399 e. The predicted octanol–water partition coefficient (Wildman–Crippen LogP) is 5.07. The molecule has 0 aliphatic carbocycles. The number of hydrogen-bond acceptors (Lipinski definition) is 2. The second-order valence-corrected chi connectivity index (χ2v) is 5.03. The van der Waals surface area contributed by atoms with Crippen molar-refractivity contribution < 1.29 is 22.0 Å². The molecule has 0 saturated carbocycles. The molecule has 0 bridgehead atoms. The van der Waals surface area contributed by atoms with E-state index >= 15 is 0 Å². The van der Waals surface area contributed by atoms with Crippen LogP contribution in [0.1, 0.15) is 5.56 Å². The van der Waals surface area contributed by atoms with Crippen LogP contribution in [0.15, 0.2) is 34.8 Å². The molecule has 2 rings (SSSR count). The van der Waals surface area contributed by atoms with E-state index in [-0.39, 0.29) is 15.8 Å². The number of rotatable bonds is 2. The number of halogens is 6. The lowest BCUT2D eigenvalue weighted by atomic mass is 10.2. The fourth-order valence-electron chi connectivity index (χ4n) is 1.64. The molecule has 3 N–H and O–H groups in total. The highest BCUT2D eigenvalue weighted by Gasteiger charge is 2.31. The van der Waals surface area contributed by atoms with Crippen molar-refractivity contribution in [1.82, 2.24) is 0 Å². The van der Waals surface area contributed by atoms with Crippen LogP contribution in [-0.4, -0.2) is 0 Å². The van der Waals surface area contributed by atoms with Gasteiger partial charge in [0.2, 0.25) is 0 Å². The molecule has 8 heteroatoms. The highest BCUT2D eigenvalue weighted by Crippen LogP contribution is 2.36. The predicted molar refractivity (Wildman–Crippen MR) is 73.2 cm³/mol. The standard InChI is InChI=1S/C13H8BrF5N2/c14-8-2-1-6(13(17,18)19)3-11(8)21-12-9(15)4-7(20)5-10(12)16/h1-5,21H,20H2. The van der Waals surface area contributed by atoms with Gasteiger partial charge in [0.05, 0.1) is 11.3 Å². The third kappa shape index (κ3) is 3.44. The third-order valence-electron chi connectivity index (χ3n) is 2.62. The maximum atomic E-state index is 13.6. The van der Waals surface area contributed by atoms with Crippen LogP contribution < -0.4 is 11.1 Å². The molecular weight excluding hydrogens is 359 g/mol. The molecule has 0 unspecified atom stereocenters. The van der Waals surface area contributed by atoms with Gasteiger partial charge in [-0.25, -0.2) is 8.78 Å². The van der Waals surface area contributed by atoms with Crippen LogP contribution in [0.3, 0.4) is 0 Å². The second-order valence-electron chi connectivity index (χ2n) is 4.18. The Kier molecular flexibility index (Phi) is 4.08. The van der Waals surface area contributed by atoms with E-state index in [9.17, 15) is 22.0 Å². The van der Waals surface area contributed by atoms with E-state index in [1.54, 1.807) is 0 Å². The second kappa shape index (κ2) is 5.51. The highest BCUT2D eigenvalue weighted by atomic mass is 79.9. The van der Waals surface area contributed by atoms with Gasteiger partial charge in [-0.05, 0) is 46.3 Å². The maximum Gasteiger partial charge on any atom is 0.416 e. The number of nitrogens with two attached hydrogens (primary N) is 1. The van der Waals surface area contributed by atoms with Crippen molar-refractivity contribution in [2.45, 2.75) is 6.18 Å². The Morgan fingerprint density at radius 2 is 1.57 bits per heavy atom. The van der Waals surface area contributed by atoms with Crippen LogP contribution in [0.4, 0.5) is 39.0 Å². The van der Waals surface area contributed by atoms with Gasteiger partial charge < -0.3 is 11.1 Å². The zero-order valence-electron chi connectivity index (χ0n) is 10.2. The van der Waals surface area contributed by atoms with E-state index in [0.717, 1.165) is 30.3 Å². The van der Waals surface area contributed by atoms with Gasteiger partial charge in [-0.15, -0.1) is 0 Å². The summed E-state index contributed by atoms with van der Waals surface area (Å²) >= 11 is 3.02. The molecule has 0 atom stereocenters. The maximum absolute atomic E-state index is 13.6. The minimum Gasteiger partial charge on any atom is -0.399 e. The van der Waals surface area contributed by atoms with Gasteiger partial charge in [-0.3, -0.25) is 0 Å². The summed E-state index contributed by atoms with van der Waals surface area (Å²) in [5.74, 6) is -2.01. The zero-order valence-corrected chi connectivity index (χ0v) is 11.8. The molecule has 0 aliphatic rings. The third-order valence-corrected chi connectivity index (χ3v) is 3.31. The van der Waals surface area contributed by atoms with Crippen LogP contribution >= 0.6 is 15.9 Å². The first-order chi connectivity index (χ1) is 9.68. The van der Waals surface area contributed by atoms with Gasteiger partial charge in [0.25, 0.3) is 0 Å². The molecule has 2 aromatic rings. The Morgan fingerprint density at radius 3 is 2.10 bits per heavy atom. The molecule has 2 aromatic carbocycles. The summed E-state index contributed by atoms with van der Waals surface area (Å²) in [6.07, 6.45) is -4.56. The van der Waals surface area contributed by atoms with E-state index in [1.807, 2.05) is 0 Å². The van der Waals surface area contributed by atoms with Crippen molar-refractivity contribution in [3.05, 3.63) is 52.0 Å². The topological polar surface area (TPSA) is 38.0 Å². The minimum atomic E-state index is -4.56. The molecule has 0 radical (unpaired) electrons. The number of nitrogens with one attached hydrogen (secondary N) is 1. The molecular formula is C13H8BrF5N2. The van der Waals surface area contributed by atoms with Crippen molar-refractivity contribution >= 4 is 33.0 Å². The average molecular weight is 367 g/mol. The molecule has 0 fully saturated rings. The molecule has 2 nitrogen and oxygen atoms in total. The lowest BCUT2D eigenvalue weighted by Crippen LogP contribution is -2.06. The van der Waals surface area contributed by atoms with Crippen molar-refractivity contribution in [3.63, 3.8) is 0 Å². The van der Waals surface area contributed by atoms with Crippen LogP contribution in [0.5, 0.6) is 0 Å². The molecule has 21 heavy (non-hydrogen) atoms. The lowest BCUT2D eigenvalue weighted by Gasteiger charge is -2.14. The summed E-state index contributed by atoms with van der Waals surface area (Å²) in [6.45, 7) is 0. The van der Waals surface area contributed by atoms with E-state index in [2.05, 4.69) is 21.2 Å². The van der Waals surface area contributed by atoms with E-state index in [4.69, 9.17) is 5.73 Å². The Morgan fingerprint density at radius 1 is 1.00 bits per heavy atom. The molecule has 0 aromatic heterocycles. The number of alkyl halides is 3. The Bertz CT molecular complexity index is 662. The van der Waals surface area contributed by atoms with E-state index in [1.165, 1.54) is 0 Å². The van der Waals surface area contributed by atoms with Crippen molar-refractivity contribution in [2.24, 2.45) is 0 Å². The molecule has 0 amide bonds. The summed E-state index contributed by atoms with van der Waals surface area (Å²) in [5, 5.41) is 2.30. The summed E-state index contributed by atoms with van der Waals surface area (Å²) in [7, 11) is 0. The Balaban J connectivity index is 2.45. The first kappa shape index (κ1) is 15.6. The van der Waals surface area contributed by atoms with Crippen LogP contribution in [-0.2, 0) is 6.18 Å². The number of hydrogen-bond donors (Lipinski definition) is 2. The summed E-state index contributed by atoms with van der Waals surface area (Å²) in [6, 6.07) is 4.47. The number of anilines is 3. The summed E-state index contributed by atoms with van der Waals surface area (Å²) in [4.78, 5) is 0. The van der Waals surface area contributed by atoms with Crippen LogP contribution in [0.25, 0.3) is 0 Å². The van der Waals surface area contributed by atoms with Gasteiger partial charge in [0.1, 0.15) is 5.69 Å². The zero-order chi connectivity index (χ0) is 15.8. The quantitative estimate of drug-likeness (QED) is 0.575. The molecule has 0 spiro atoms. The SMILES string of the molecule is Nc1cc(F)c(Nc2cc(C(F)(F)F)ccc2Br)c(F)c1. The monoisotopic (exact) mass is 366 g/mol. The first-order valence-electron chi connectivity index (χ1n) is 5.57. The van der Waals surface area contributed by atoms with Gasteiger partial charge in [-0.2, -0.15) is 13.2 Å². The molecule has 0 saturated heterocycles. The molecule has 0 heterocycles. The molecule has 112 valence electrons. The van der Waals surface area contributed by atoms with Gasteiger partial charge in [-0.1, -0.05) is 0 Å². The summed E-state index contributed by atoms with van der Waals surface area (Å²) in [5.41, 5.74) is 3.50. The fraction of sp³-hybridized carbons (Fsp3) is 0.0769. The largest absolute Gasteiger partial charge is 0.416 e. The lowest BCUT2D eigenvalue weighted by molar-refractivity contribution is -0.137. The van der Waals surface area contributed by atoms with Crippen molar-refractivity contribution in [3.8, 4) is 0 Å². The summed E-state index contributed by atoms with van der Waals surface area (Å²) < 4.78 is 65.4. The van der Waals surface area contributed by atoms with Gasteiger partial charge in [0.15, 0.2) is 11.6 Å². The van der Waals surface area contributed by atoms with Gasteiger partial charge >= 0.3 is 6.18 Å². The van der Waals surface area contributed by atoms with Gasteiger partial charge in [0, 0.05) is 10.2 Å². The van der Waals surface area contributed by atoms with Crippen LogP contribution in [0, 0.1) is 11.6 Å². The minimum absolute atomic E-state index is 0.118. The van der Waals surface area contributed by atoms with Crippen molar-refractivity contribution in [1.29, 1.82) is 0 Å². The van der Waals surface area contributed by atoms with E-state index in [0.29, 0.717) is 0 Å². The number of benzene rings is 2. The van der Waals surface area contributed by atoms with Crippen molar-refractivity contribution in [2.75, 3.05) is 11.1 Å².